The standard InChI is InChI=1S/C25H30N2O3S/c1-18-12-14-27(15-13-18)23-8-4-20(5-9-23)19(2)26-31(28,29)25-11-7-21-16-24(30-3)10-6-22(21)17-25/h4-11,16-19,26H,12-15H2,1-3H3. The molecule has 1 fully saturated rings. The summed E-state index contributed by atoms with van der Waals surface area (Å²) in [5.41, 5.74) is 2.15. The molecule has 1 N–H and O–H groups in total. The lowest BCUT2D eigenvalue weighted by Gasteiger charge is -2.32. The Labute approximate surface area is 185 Å². The highest BCUT2D eigenvalue weighted by molar-refractivity contribution is 7.89. The van der Waals surface area contributed by atoms with Crippen molar-refractivity contribution in [3.8, 4) is 5.75 Å². The van der Waals surface area contributed by atoms with Crippen LogP contribution in [0, 0.1) is 5.92 Å². The summed E-state index contributed by atoms with van der Waals surface area (Å²) in [4.78, 5) is 2.67. The number of sulfonamides is 1. The first-order valence-electron chi connectivity index (χ1n) is 10.8. The summed E-state index contributed by atoms with van der Waals surface area (Å²) in [5.74, 6) is 1.54. The fourth-order valence-corrected chi connectivity index (χ4v) is 5.37. The first-order chi connectivity index (χ1) is 14.9. The van der Waals surface area contributed by atoms with Crippen molar-refractivity contribution in [3.63, 3.8) is 0 Å². The van der Waals surface area contributed by atoms with Crippen LogP contribution in [-0.2, 0) is 10.0 Å². The Hall–Kier alpha value is -2.57. The summed E-state index contributed by atoms with van der Waals surface area (Å²) in [6, 6.07) is 18.7. The number of anilines is 1. The Kier molecular flexibility index (Phi) is 6.21. The number of rotatable bonds is 6. The lowest BCUT2D eigenvalue weighted by molar-refractivity contribution is 0.415. The number of nitrogens with one attached hydrogen (secondary N) is 1. The number of piperidine rings is 1. The number of fused-ring (bicyclic) bond motifs is 1. The molecule has 1 aliphatic rings. The zero-order chi connectivity index (χ0) is 22.0. The molecule has 5 nitrogen and oxygen atoms in total. The molecule has 1 aliphatic heterocycles. The van der Waals surface area contributed by atoms with Gasteiger partial charge < -0.3 is 9.64 Å². The van der Waals surface area contributed by atoms with E-state index in [0.717, 1.165) is 41.1 Å². The summed E-state index contributed by atoms with van der Waals surface area (Å²) in [6.45, 7) is 6.34. The quantitative estimate of drug-likeness (QED) is 0.580. The van der Waals surface area contributed by atoms with Crippen molar-refractivity contribution in [1.82, 2.24) is 4.72 Å². The highest BCUT2D eigenvalue weighted by atomic mass is 32.2. The zero-order valence-electron chi connectivity index (χ0n) is 18.3. The molecule has 164 valence electrons. The summed E-state index contributed by atoms with van der Waals surface area (Å²) in [5, 5.41) is 1.80. The molecule has 0 spiro atoms. The smallest absolute Gasteiger partial charge is 0.241 e. The monoisotopic (exact) mass is 438 g/mol. The maximum Gasteiger partial charge on any atom is 0.241 e. The number of methoxy groups -OCH3 is 1. The van der Waals surface area contributed by atoms with E-state index < -0.39 is 10.0 Å². The number of nitrogens with zero attached hydrogens (tertiary/aromatic N) is 1. The molecule has 0 saturated carbocycles. The van der Waals surface area contributed by atoms with Crippen LogP contribution in [-0.4, -0.2) is 28.6 Å². The largest absolute Gasteiger partial charge is 0.497 e. The molecular formula is C25H30N2O3S. The molecule has 1 unspecified atom stereocenters. The average Bonchev–Trinajstić information content (AvgIpc) is 2.78. The molecule has 1 heterocycles. The molecule has 0 aliphatic carbocycles. The molecule has 3 aromatic rings. The number of hydrogen-bond donors (Lipinski definition) is 1. The minimum absolute atomic E-state index is 0.260. The Morgan fingerprint density at radius 1 is 0.968 bits per heavy atom. The molecule has 1 atom stereocenters. The van der Waals surface area contributed by atoms with E-state index in [1.165, 1.54) is 18.5 Å². The van der Waals surface area contributed by atoms with Gasteiger partial charge in [-0.15, -0.1) is 0 Å². The van der Waals surface area contributed by atoms with Crippen molar-refractivity contribution in [2.24, 2.45) is 5.92 Å². The molecule has 31 heavy (non-hydrogen) atoms. The summed E-state index contributed by atoms with van der Waals surface area (Å²) >= 11 is 0. The zero-order valence-corrected chi connectivity index (χ0v) is 19.2. The molecule has 1 saturated heterocycles. The number of benzene rings is 3. The molecule has 6 heteroatoms. The van der Waals surface area contributed by atoms with E-state index in [1.807, 2.05) is 43.3 Å². The third-order valence-electron chi connectivity index (χ3n) is 6.20. The summed E-state index contributed by atoms with van der Waals surface area (Å²) in [6.07, 6.45) is 2.44. The van der Waals surface area contributed by atoms with Gasteiger partial charge in [0.1, 0.15) is 5.75 Å². The van der Waals surface area contributed by atoms with Gasteiger partial charge in [-0.25, -0.2) is 13.1 Å². The highest BCUT2D eigenvalue weighted by Gasteiger charge is 2.20. The van der Waals surface area contributed by atoms with Crippen molar-refractivity contribution >= 4 is 26.5 Å². The van der Waals surface area contributed by atoms with Crippen molar-refractivity contribution < 1.29 is 13.2 Å². The number of hydrogen-bond acceptors (Lipinski definition) is 4. The van der Waals surface area contributed by atoms with Crippen LogP contribution >= 0.6 is 0 Å². The molecule has 0 aromatic heterocycles. The lowest BCUT2D eigenvalue weighted by atomic mass is 9.98. The van der Waals surface area contributed by atoms with E-state index in [9.17, 15) is 8.42 Å². The molecule has 3 aromatic carbocycles. The van der Waals surface area contributed by atoms with E-state index in [-0.39, 0.29) is 10.9 Å². The Bertz CT molecular complexity index is 1150. The maximum atomic E-state index is 13.0. The van der Waals surface area contributed by atoms with Gasteiger partial charge in [-0.2, -0.15) is 0 Å². The second-order valence-corrected chi connectivity index (χ2v) is 10.2. The average molecular weight is 439 g/mol. The summed E-state index contributed by atoms with van der Waals surface area (Å²) < 4.78 is 34.0. The fraction of sp³-hybridized carbons (Fsp3) is 0.360. The Balaban J connectivity index is 1.48. The van der Waals surface area contributed by atoms with Gasteiger partial charge in [0.15, 0.2) is 0 Å². The predicted molar refractivity (Wildman–Crippen MR) is 126 cm³/mol. The van der Waals surface area contributed by atoms with Crippen LogP contribution in [0.15, 0.2) is 65.6 Å². The first-order valence-corrected chi connectivity index (χ1v) is 12.3. The molecule has 4 rings (SSSR count). The van der Waals surface area contributed by atoms with E-state index in [2.05, 4.69) is 28.7 Å². The SMILES string of the molecule is COc1ccc2cc(S(=O)(=O)NC(C)c3ccc(N4CCC(C)CC4)cc3)ccc2c1. The van der Waals surface area contributed by atoms with Gasteiger partial charge in [0.05, 0.1) is 12.0 Å². The predicted octanol–water partition coefficient (Wildman–Crippen LogP) is 5.12. The van der Waals surface area contributed by atoms with Crippen molar-refractivity contribution in [2.45, 2.75) is 37.6 Å². The van der Waals surface area contributed by atoms with Gasteiger partial charge in [-0.05, 0) is 78.4 Å². The minimum Gasteiger partial charge on any atom is -0.497 e. The van der Waals surface area contributed by atoms with E-state index in [0.29, 0.717) is 0 Å². The Morgan fingerprint density at radius 2 is 1.61 bits per heavy atom. The fourth-order valence-electron chi connectivity index (χ4n) is 4.11. The lowest BCUT2D eigenvalue weighted by Crippen LogP contribution is -2.32. The third kappa shape index (κ3) is 4.86. The van der Waals surface area contributed by atoms with Gasteiger partial charge in [0.2, 0.25) is 10.0 Å². The highest BCUT2D eigenvalue weighted by Crippen LogP contribution is 2.27. The van der Waals surface area contributed by atoms with E-state index in [4.69, 9.17) is 4.74 Å². The third-order valence-corrected chi connectivity index (χ3v) is 7.74. The van der Waals surface area contributed by atoms with Gasteiger partial charge in [-0.1, -0.05) is 31.2 Å². The van der Waals surface area contributed by atoms with E-state index >= 15 is 0 Å². The maximum absolute atomic E-state index is 13.0. The van der Waals surface area contributed by atoms with Gasteiger partial charge in [0, 0.05) is 24.8 Å². The summed E-state index contributed by atoms with van der Waals surface area (Å²) in [7, 11) is -2.03. The second-order valence-electron chi connectivity index (χ2n) is 8.48. The molecule has 0 amide bonds. The molecule has 0 radical (unpaired) electrons. The van der Waals surface area contributed by atoms with Crippen molar-refractivity contribution in [1.29, 1.82) is 0 Å². The first kappa shape index (κ1) is 21.7. The molecule has 0 bridgehead atoms. The second kappa shape index (κ2) is 8.89. The van der Waals surface area contributed by atoms with Gasteiger partial charge in [-0.3, -0.25) is 0 Å². The topological polar surface area (TPSA) is 58.6 Å². The minimum atomic E-state index is -3.64. The van der Waals surface area contributed by atoms with Crippen LogP contribution in [0.25, 0.3) is 10.8 Å². The van der Waals surface area contributed by atoms with Crippen molar-refractivity contribution in [2.75, 3.05) is 25.1 Å². The van der Waals surface area contributed by atoms with Gasteiger partial charge in [0.25, 0.3) is 0 Å². The molecular weight excluding hydrogens is 408 g/mol. The van der Waals surface area contributed by atoms with E-state index in [1.54, 1.807) is 19.2 Å². The van der Waals surface area contributed by atoms with Crippen LogP contribution in [0.1, 0.15) is 38.3 Å². The Morgan fingerprint density at radius 3 is 2.29 bits per heavy atom. The van der Waals surface area contributed by atoms with Crippen molar-refractivity contribution in [3.05, 3.63) is 66.2 Å². The number of ether oxygens (including phenoxy) is 1. The van der Waals surface area contributed by atoms with Crippen LogP contribution in [0.5, 0.6) is 5.75 Å². The van der Waals surface area contributed by atoms with Crippen LogP contribution in [0.3, 0.4) is 0 Å². The van der Waals surface area contributed by atoms with Crippen LogP contribution in [0.2, 0.25) is 0 Å². The normalized spacial score (nSPS) is 16.4. The van der Waals surface area contributed by atoms with Gasteiger partial charge >= 0.3 is 0 Å². The van der Waals surface area contributed by atoms with Crippen LogP contribution < -0.4 is 14.4 Å². The van der Waals surface area contributed by atoms with Crippen LogP contribution in [0.4, 0.5) is 5.69 Å².